The molecule has 0 amide bonds. The van der Waals surface area contributed by atoms with Gasteiger partial charge in [0.1, 0.15) is 0 Å². The van der Waals surface area contributed by atoms with Gasteiger partial charge in [0.25, 0.3) is 0 Å². The van der Waals surface area contributed by atoms with Gasteiger partial charge >= 0.3 is 0 Å². The summed E-state index contributed by atoms with van der Waals surface area (Å²) in [4.78, 5) is 4.00. The summed E-state index contributed by atoms with van der Waals surface area (Å²) in [5.74, 6) is 0.676. The molecule has 0 bridgehead atoms. The Morgan fingerprint density at radius 3 is 2.88 bits per heavy atom. The van der Waals surface area contributed by atoms with Crippen LogP contribution in [0.4, 0.5) is 0 Å². The first-order chi connectivity index (χ1) is 7.68. The topological polar surface area (TPSA) is 29.9 Å². The molecule has 1 aromatic rings. The van der Waals surface area contributed by atoms with Crippen molar-refractivity contribution in [1.82, 2.24) is 14.9 Å². The maximum Gasteiger partial charge on any atom is 0.0945 e. The number of halogens is 1. The lowest BCUT2D eigenvalue weighted by Crippen LogP contribution is -2.25. The Morgan fingerprint density at radius 1 is 1.44 bits per heavy atom. The number of aryl methyl sites for hydroxylation is 1. The van der Waals surface area contributed by atoms with Crippen molar-refractivity contribution in [2.45, 2.75) is 38.6 Å². The third kappa shape index (κ3) is 6.13. The van der Waals surface area contributed by atoms with Crippen LogP contribution in [0.2, 0.25) is 0 Å². The summed E-state index contributed by atoms with van der Waals surface area (Å²) < 4.78 is 2.09. The summed E-state index contributed by atoms with van der Waals surface area (Å²) in [6, 6.07) is 0. The van der Waals surface area contributed by atoms with Crippen molar-refractivity contribution >= 4 is 11.6 Å². The molecule has 0 aliphatic carbocycles. The second-order valence-electron chi connectivity index (χ2n) is 4.59. The maximum absolute atomic E-state index is 6.18. The van der Waals surface area contributed by atoms with E-state index < -0.39 is 0 Å². The van der Waals surface area contributed by atoms with Crippen LogP contribution in [0.25, 0.3) is 0 Å². The van der Waals surface area contributed by atoms with Gasteiger partial charge in [0.05, 0.1) is 6.33 Å². The molecular weight excluding hydrogens is 222 g/mol. The Hall–Kier alpha value is -0.540. The van der Waals surface area contributed by atoms with E-state index in [-0.39, 0.29) is 5.38 Å². The molecule has 1 heterocycles. The minimum absolute atomic E-state index is 0.258. The summed E-state index contributed by atoms with van der Waals surface area (Å²) in [5, 5.41) is 3.64. The lowest BCUT2D eigenvalue weighted by molar-refractivity contribution is 0.519. The molecule has 0 aliphatic heterocycles. The number of alkyl halides is 1. The first-order valence-electron chi connectivity index (χ1n) is 5.99. The zero-order valence-electron chi connectivity index (χ0n) is 10.2. The fourth-order valence-electron chi connectivity index (χ4n) is 1.66. The molecule has 4 heteroatoms. The summed E-state index contributed by atoms with van der Waals surface area (Å²) in [7, 11) is 0. The fraction of sp³-hybridized carbons (Fsp3) is 0.750. The highest BCUT2D eigenvalue weighted by molar-refractivity contribution is 6.20. The van der Waals surface area contributed by atoms with Crippen LogP contribution in [0.3, 0.4) is 0 Å². The zero-order chi connectivity index (χ0) is 11.8. The molecular formula is C12H22ClN3. The van der Waals surface area contributed by atoms with Crippen LogP contribution in [0.15, 0.2) is 18.7 Å². The van der Waals surface area contributed by atoms with E-state index in [1.165, 1.54) is 0 Å². The monoisotopic (exact) mass is 243 g/mol. The number of nitrogens with zero attached hydrogens (tertiary/aromatic N) is 2. The van der Waals surface area contributed by atoms with Crippen molar-refractivity contribution in [1.29, 1.82) is 0 Å². The summed E-state index contributed by atoms with van der Waals surface area (Å²) in [6.45, 7) is 7.34. The van der Waals surface area contributed by atoms with Gasteiger partial charge in [-0.25, -0.2) is 4.98 Å². The highest BCUT2D eigenvalue weighted by Crippen LogP contribution is 2.09. The Morgan fingerprint density at radius 2 is 2.25 bits per heavy atom. The molecule has 0 spiro atoms. The highest BCUT2D eigenvalue weighted by Gasteiger charge is 2.05. The molecule has 3 nitrogen and oxygen atoms in total. The Balaban J connectivity index is 1.95. The molecule has 0 saturated heterocycles. The van der Waals surface area contributed by atoms with Gasteiger partial charge in [0.2, 0.25) is 0 Å². The van der Waals surface area contributed by atoms with Crippen LogP contribution in [-0.2, 0) is 6.54 Å². The van der Waals surface area contributed by atoms with Gasteiger partial charge in [-0.05, 0) is 25.3 Å². The SMILES string of the molecule is CC(C)CC(Cl)CNCCCn1ccnc1. The Kier molecular flexibility index (Phi) is 6.50. The van der Waals surface area contributed by atoms with Crippen molar-refractivity contribution in [3.8, 4) is 0 Å². The first kappa shape index (κ1) is 13.5. The van der Waals surface area contributed by atoms with E-state index in [0.29, 0.717) is 5.92 Å². The number of rotatable bonds is 8. The fourth-order valence-corrected chi connectivity index (χ4v) is 2.12. The molecule has 0 fully saturated rings. The van der Waals surface area contributed by atoms with Crippen LogP contribution < -0.4 is 5.32 Å². The van der Waals surface area contributed by atoms with E-state index in [4.69, 9.17) is 11.6 Å². The smallest absolute Gasteiger partial charge is 0.0945 e. The van der Waals surface area contributed by atoms with E-state index in [9.17, 15) is 0 Å². The second kappa shape index (κ2) is 7.69. The first-order valence-corrected chi connectivity index (χ1v) is 6.42. The van der Waals surface area contributed by atoms with E-state index in [0.717, 1.165) is 32.5 Å². The third-order valence-corrected chi connectivity index (χ3v) is 2.75. The van der Waals surface area contributed by atoms with Gasteiger partial charge in [0, 0.05) is 30.9 Å². The number of hydrogen-bond acceptors (Lipinski definition) is 2. The molecule has 1 atom stereocenters. The van der Waals surface area contributed by atoms with Crippen LogP contribution in [-0.4, -0.2) is 28.0 Å². The lowest BCUT2D eigenvalue weighted by atomic mass is 10.1. The van der Waals surface area contributed by atoms with Gasteiger partial charge in [0.15, 0.2) is 0 Å². The minimum Gasteiger partial charge on any atom is -0.337 e. The van der Waals surface area contributed by atoms with Crippen LogP contribution in [0, 0.1) is 5.92 Å². The predicted octanol–water partition coefficient (Wildman–Crippen LogP) is 2.52. The quantitative estimate of drug-likeness (QED) is 0.562. The van der Waals surface area contributed by atoms with Crippen LogP contribution in [0.5, 0.6) is 0 Å². The third-order valence-electron chi connectivity index (χ3n) is 2.42. The molecule has 1 unspecified atom stereocenters. The van der Waals surface area contributed by atoms with E-state index in [1.807, 2.05) is 18.7 Å². The zero-order valence-corrected chi connectivity index (χ0v) is 11.0. The number of nitrogens with one attached hydrogen (secondary N) is 1. The van der Waals surface area contributed by atoms with E-state index in [2.05, 4.69) is 28.7 Å². The number of imidazole rings is 1. The maximum atomic E-state index is 6.18. The normalized spacial score (nSPS) is 13.2. The number of aromatic nitrogens is 2. The molecule has 0 saturated carbocycles. The summed E-state index contributed by atoms with van der Waals surface area (Å²) >= 11 is 6.18. The molecule has 0 aliphatic rings. The summed E-state index contributed by atoms with van der Waals surface area (Å²) in [5.41, 5.74) is 0. The average molecular weight is 244 g/mol. The minimum atomic E-state index is 0.258. The second-order valence-corrected chi connectivity index (χ2v) is 5.20. The van der Waals surface area contributed by atoms with Gasteiger partial charge < -0.3 is 9.88 Å². The van der Waals surface area contributed by atoms with Crippen molar-refractivity contribution in [2.24, 2.45) is 5.92 Å². The van der Waals surface area contributed by atoms with Crippen LogP contribution >= 0.6 is 11.6 Å². The average Bonchev–Trinajstić information content (AvgIpc) is 2.68. The molecule has 92 valence electrons. The molecule has 0 radical (unpaired) electrons. The largest absolute Gasteiger partial charge is 0.337 e. The molecule has 16 heavy (non-hydrogen) atoms. The standard InChI is InChI=1S/C12H22ClN3/c1-11(2)8-12(13)9-14-4-3-6-16-7-5-15-10-16/h5,7,10-12,14H,3-4,6,8-9H2,1-2H3. The number of hydrogen-bond donors (Lipinski definition) is 1. The van der Waals surface area contributed by atoms with Crippen molar-refractivity contribution in [3.63, 3.8) is 0 Å². The Bertz CT molecular complexity index is 259. The van der Waals surface area contributed by atoms with Crippen molar-refractivity contribution in [3.05, 3.63) is 18.7 Å². The highest BCUT2D eigenvalue weighted by atomic mass is 35.5. The van der Waals surface area contributed by atoms with Gasteiger partial charge in [-0.1, -0.05) is 13.8 Å². The van der Waals surface area contributed by atoms with E-state index >= 15 is 0 Å². The van der Waals surface area contributed by atoms with E-state index in [1.54, 1.807) is 0 Å². The molecule has 0 aromatic carbocycles. The summed E-state index contributed by atoms with van der Waals surface area (Å²) in [6.07, 6.45) is 7.84. The van der Waals surface area contributed by atoms with Crippen LogP contribution in [0.1, 0.15) is 26.7 Å². The van der Waals surface area contributed by atoms with Crippen molar-refractivity contribution in [2.75, 3.05) is 13.1 Å². The van der Waals surface area contributed by atoms with Gasteiger partial charge in [-0.2, -0.15) is 0 Å². The molecule has 1 rings (SSSR count). The molecule has 1 aromatic heterocycles. The lowest BCUT2D eigenvalue weighted by Gasteiger charge is -2.12. The van der Waals surface area contributed by atoms with Gasteiger partial charge in [-0.3, -0.25) is 0 Å². The Labute approximate surface area is 103 Å². The molecule has 1 N–H and O–H groups in total. The van der Waals surface area contributed by atoms with Gasteiger partial charge in [-0.15, -0.1) is 11.6 Å². The van der Waals surface area contributed by atoms with Crippen molar-refractivity contribution < 1.29 is 0 Å². The predicted molar refractivity (Wildman–Crippen MR) is 68.8 cm³/mol.